The highest BCUT2D eigenvalue weighted by atomic mass is 16.5. The number of rotatable bonds is 8. The first kappa shape index (κ1) is 18.0. The summed E-state index contributed by atoms with van der Waals surface area (Å²) in [7, 11) is 1.59. The van der Waals surface area contributed by atoms with E-state index < -0.39 is 6.04 Å². The molecular weight excluding hydrogens is 338 g/mol. The Morgan fingerprint density at radius 1 is 1.35 bits per heavy atom. The Hall–Kier alpha value is -2.78. The molecule has 0 fully saturated rings. The Bertz CT molecular complexity index is 762. The standard InChI is InChI=1S/C17H21N5O4/c1-25-7-8-26-11-14-19-17-20-15(23)9-13(22(17)21-14)16(24)18-10-12-5-3-2-4-6-12/h2-6,13H,7-11H2,1H3,(H,18,24)(H,19,20,21,23). The zero-order valence-electron chi connectivity index (χ0n) is 14.5. The lowest BCUT2D eigenvalue weighted by Crippen LogP contribution is -2.39. The number of nitrogens with zero attached hydrogens (tertiary/aromatic N) is 3. The molecule has 0 aliphatic carbocycles. The maximum absolute atomic E-state index is 12.6. The van der Waals surface area contributed by atoms with Crippen molar-refractivity contribution in [2.45, 2.75) is 25.6 Å². The number of hydrogen-bond acceptors (Lipinski definition) is 6. The SMILES string of the molecule is COCCOCc1nc2n(n1)C(C(=O)NCc1ccccc1)CC(=O)N2. The Morgan fingerprint density at radius 2 is 2.15 bits per heavy atom. The fourth-order valence-corrected chi connectivity index (χ4v) is 2.58. The van der Waals surface area contributed by atoms with E-state index in [2.05, 4.69) is 20.7 Å². The summed E-state index contributed by atoms with van der Waals surface area (Å²) in [6.45, 7) is 1.44. The van der Waals surface area contributed by atoms with Crippen molar-refractivity contribution in [2.24, 2.45) is 0 Å². The second kappa shape index (κ2) is 8.54. The highest BCUT2D eigenvalue weighted by Gasteiger charge is 2.32. The molecule has 2 amide bonds. The third-order valence-corrected chi connectivity index (χ3v) is 3.88. The van der Waals surface area contributed by atoms with Gasteiger partial charge in [-0.3, -0.25) is 14.9 Å². The second-order valence-corrected chi connectivity index (χ2v) is 5.81. The number of methoxy groups -OCH3 is 1. The molecule has 0 bridgehead atoms. The van der Waals surface area contributed by atoms with Gasteiger partial charge in [0.05, 0.1) is 19.6 Å². The van der Waals surface area contributed by atoms with Crippen molar-refractivity contribution in [3.8, 4) is 0 Å². The number of benzene rings is 1. The minimum Gasteiger partial charge on any atom is -0.382 e. The molecule has 1 aromatic carbocycles. The number of ether oxygens (including phenoxy) is 2. The Balaban J connectivity index is 1.65. The number of amides is 2. The summed E-state index contributed by atoms with van der Waals surface area (Å²) in [6.07, 6.45) is 0.0148. The van der Waals surface area contributed by atoms with Gasteiger partial charge in [-0.25, -0.2) is 4.68 Å². The first-order valence-electron chi connectivity index (χ1n) is 8.31. The van der Waals surface area contributed by atoms with Crippen LogP contribution in [0.5, 0.6) is 0 Å². The predicted molar refractivity (Wildman–Crippen MR) is 92.1 cm³/mol. The van der Waals surface area contributed by atoms with Gasteiger partial charge in [-0.2, -0.15) is 10.1 Å². The fourth-order valence-electron chi connectivity index (χ4n) is 2.58. The summed E-state index contributed by atoms with van der Waals surface area (Å²) >= 11 is 0. The summed E-state index contributed by atoms with van der Waals surface area (Å²) in [5.41, 5.74) is 0.979. The topological polar surface area (TPSA) is 107 Å². The molecule has 1 aromatic heterocycles. The quantitative estimate of drug-likeness (QED) is 0.670. The van der Waals surface area contributed by atoms with Crippen LogP contribution in [-0.4, -0.2) is 46.9 Å². The Labute approximate surface area is 150 Å². The van der Waals surface area contributed by atoms with Gasteiger partial charge in [-0.15, -0.1) is 0 Å². The third kappa shape index (κ3) is 4.44. The van der Waals surface area contributed by atoms with Crippen LogP contribution in [0.1, 0.15) is 23.9 Å². The number of hydrogen-bond donors (Lipinski definition) is 2. The Morgan fingerprint density at radius 3 is 2.92 bits per heavy atom. The van der Waals surface area contributed by atoms with Gasteiger partial charge in [-0.1, -0.05) is 30.3 Å². The van der Waals surface area contributed by atoms with Gasteiger partial charge < -0.3 is 14.8 Å². The van der Waals surface area contributed by atoms with E-state index in [1.807, 2.05) is 30.3 Å². The van der Waals surface area contributed by atoms with Crippen molar-refractivity contribution in [3.05, 3.63) is 41.7 Å². The molecule has 26 heavy (non-hydrogen) atoms. The summed E-state index contributed by atoms with van der Waals surface area (Å²) in [5, 5.41) is 9.78. The van der Waals surface area contributed by atoms with Crippen LogP contribution in [-0.2, 0) is 32.2 Å². The first-order valence-corrected chi connectivity index (χ1v) is 8.31. The van der Waals surface area contributed by atoms with Gasteiger partial charge in [0.2, 0.25) is 17.8 Å². The molecule has 0 saturated heterocycles. The van der Waals surface area contributed by atoms with Crippen molar-refractivity contribution >= 4 is 17.8 Å². The number of carbonyl (C=O) groups is 2. The molecule has 1 atom stereocenters. The lowest BCUT2D eigenvalue weighted by molar-refractivity contribution is -0.129. The molecular formula is C17H21N5O4. The summed E-state index contributed by atoms with van der Waals surface area (Å²) in [5.74, 6) is 0.115. The van der Waals surface area contributed by atoms with E-state index in [9.17, 15) is 9.59 Å². The molecule has 2 aromatic rings. The first-order chi connectivity index (χ1) is 12.7. The van der Waals surface area contributed by atoms with Crippen molar-refractivity contribution < 1.29 is 19.1 Å². The predicted octanol–water partition coefficient (Wildman–Crippen LogP) is 0.641. The summed E-state index contributed by atoms with van der Waals surface area (Å²) < 4.78 is 11.7. The zero-order valence-corrected chi connectivity index (χ0v) is 14.5. The molecule has 0 radical (unpaired) electrons. The van der Waals surface area contributed by atoms with Gasteiger partial charge in [0, 0.05) is 13.7 Å². The van der Waals surface area contributed by atoms with E-state index in [1.165, 1.54) is 4.68 Å². The van der Waals surface area contributed by atoms with Crippen molar-refractivity contribution in [1.82, 2.24) is 20.1 Å². The lowest BCUT2D eigenvalue weighted by Gasteiger charge is -2.22. The largest absolute Gasteiger partial charge is 0.382 e. The summed E-state index contributed by atoms with van der Waals surface area (Å²) in [6, 6.07) is 8.83. The van der Waals surface area contributed by atoms with Gasteiger partial charge in [-0.05, 0) is 5.56 Å². The number of fused-ring (bicyclic) bond motifs is 1. The van der Waals surface area contributed by atoms with E-state index in [4.69, 9.17) is 9.47 Å². The molecule has 3 rings (SSSR count). The van der Waals surface area contributed by atoms with E-state index in [0.717, 1.165) is 5.56 Å². The average Bonchev–Trinajstić information content (AvgIpc) is 3.06. The molecule has 2 heterocycles. The van der Waals surface area contributed by atoms with Crippen LogP contribution in [0.25, 0.3) is 0 Å². The smallest absolute Gasteiger partial charge is 0.245 e. The molecule has 1 aliphatic rings. The molecule has 9 nitrogen and oxygen atoms in total. The van der Waals surface area contributed by atoms with E-state index in [0.29, 0.717) is 25.6 Å². The third-order valence-electron chi connectivity index (χ3n) is 3.88. The Kier molecular flexibility index (Phi) is 5.92. The minimum absolute atomic E-state index is 0.0148. The molecule has 0 spiro atoms. The molecule has 0 saturated carbocycles. The van der Waals surface area contributed by atoms with Gasteiger partial charge in [0.1, 0.15) is 12.6 Å². The molecule has 9 heteroatoms. The lowest BCUT2D eigenvalue weighted by atomic mass is 10.1. The molecule has 1 unspecified atom stereocenters. The maximum atomic E-state index is 12.6. The number of aromatic nitrogens is 3. The van der Waals surface area contributed by atoms with Crippen LogP contribution < -0.4 is 10.6 Å². The molecule has 2 N–H and O–H groups in total. The second-order valence-electron chi connectivity index (χ2n) is 5.81. The van der Waals surface area contributed by atoms with Crippen LogP contribution in [0.4, 0.5) is 5.95 Å². The van der Waals surface area contributed by atoms with Crippen molar-refractivity contribution in [1.29, 1.82) is 0 Å². The molecule has 1 aliphatic heterocycles. The van der Waals surface area contributed by atoms with Gasteiger partial charge >= 0.3 is 0 Å². The highest BCUT2D eigenvalue weighted by Crippen LogP contribution is 2.23. The van der Waals surface area contributed by atoms with Crippen molar-refractivity contribution in [2.75, 3.05) is 25.6 Å². The molecule has 138 valence electrons. The van der Waals surface area contributed by atoms with E-state index in [-0.39, 0.29) is 30.8 Å². The van der Waals surface area contributed by atoms with Crippen molar-refractivity contribution in [3.63, 3.8) is 0 Å². The number of nitrogens with one attached hydrogen (secondary N) is 2. The minimum atomic E-state index is -0.734. The monoisotopic (exact) mass is 359 g/mol. The normalized spacial score (nSPS) is 16.0. The number of carbonyl (C=O) groups excluding carboxylic acids is 2. The van der Waals surface area contributed by atoms with Crippen LogP contribution >= 0.6 is 0 Å². The van der Waals surface area contributed by atoms with Gasteiger partial charge in [0.25, 0.3) is 0 Å². The van der Waals surface area contributed by atoms with Crippen LogP contribution in [0, 0.1) is 0 Å². The number of anilines is 1. The average molecular weight is 359 g/mol. The fraction of sp³-hybridized carbons (Fsp3) is 0.412. The zero-order chi connectivity index (χ0) is 18.4. The van der Waals surface area contributed by atoms with Gasteiger partial charge in [0.15, 0.2) is 5.82 Å². The van der Waals surface area contributed by atoms with Crippen LogP contribution in [0.3, 0.4) is 0 Å². The maximum Gasteiger partial charge on any atom is 0.245 e. The summed E-state index contributed by atoms with van der Waals surface area (Å²) in [4.78, 5) is 28.7. The van der Waals surface area contributed by atoms with E-state index >= 15 is 0 Å². The highest BCUT2D eigenvalue weighted by molar-refractivity contribution is 5.96. The van der Waals surface area contributed by atoms with E-state index in [1.54, 1.807) is 7.11 Å². The van der Waals surface area contributed by atoms with Crippen LogP contribution in [0.2, 0.25) is 0 Å². The van der Waals surface area contributed by atoms with Crippen LogP contribution in [0.15, 0.2) is 30.3 Å².